The summed E-state index contributed by atoms with van der Waals surface area (Å²) in [6.07, 6.45) is 0.657. The van der Waals surface area contributed by atoms with Crippen LogP contribution in [0.1, 0.15) is 18.4 Å². The lowest BCUT2D eigenvalue weighted by Gasteiger charge is -2.13. The third-order valence-electron chi connectivity index (χ3n) is 3.52. The van der Waals surface area contributed by atoms with Gasteiger partial charge in [-0.1, -0.05) is 23.7 Å². The number of benzene rings is 2. The van der Waals surface area contributed by atoms with E-state index in [1.165, 1.54) is 30.0 Å². The second kappa shape index (κ2) is 9.65. The number of rotatable bonds is 9. The van der Waals surface area contributed by atoms with Gasteiger partial charge in [0.1, 0.15) is 0 Å². The van der Waals surface area contributed by atoms with Crippen molar-refractivity contribution in [2.45, 2.75) is 29.1 Å². The maximum Gasteiger partial charge on any atom is 0.303 e. The summed E-state index contributed by atoms with van der Waals surface area (Å²) < 4.78 is 27.9. The summed E-state index contributed by atoms with van der Waals surface area (Å²) in [5, 5.41) is 17.8. The Bertz CT molecular complexity index is 954. The summed E-state index contributed by atoms with van der Waals surface area (Å²) in [7, 11) is -3.83. The van der Waals surface area contributed by atoms with E-state index in [1.54, 1.807) is 24.3 Å². The van der Waals surface area contributed by atoms with E-state index in [1.807, 2.05) is 6.07 Å². The molecular weight excluding hydrogens is 408 g/mol. The molecule has 2 aromatic rings. The number of nitrogens with one attached hydrogen (secondary N) is 1. The molecule has 2 aromatic carbocycles. The van der Waals surface area contributed by atoms with Crippen LogP contribution < -0.4 is 4.72 Å². The van der Waals surface area contributed by atoms with Crippen molar-refractivity contribution in [3.63, 3.8) is 0 Å². The first kappa shape index (κ1) is 21.1. The maximum atomic E-state index is 12.7. The Hall–Kier alpha value is -2.21. The number of carboxylic acid groups (broad SMARTS) is 1. The Balaban J connectivity index is 2.19. The topological polar surface area (TPSA) is 107 Å². The zero-order chi connectivity index (χ0) is 19.9. The monoisotopic (exact) mass is 424 g/mol. The number of nitriles is 1. The number of thioether (sulfide) groups is 1. The van der Waals surface area contributed by atoms with Crippen molar-refractivity contribution in [3.8, 4) is 6.07 Å². The van der Waals surface area contributed by atoms with Gasteiger partial charge in [0.2, 0.25) is 0 Å². The van der Waals surface area contributed by atoms with Gasteiger partial charge < -0.3 is 5.11 Å². The van der Waals surface area contributed by atoms with E-state index in [4.69, 9.17) is 22.0 Å². The summed E-state index contributed by atoms with van der Waals surface area (Å²) in [6, 6.07) is 13.0. The van der Waals surface area contributed by atoms with Crippen LogP contribution in [0.5, 0.6) is 0 Å². The second-order valence-corrected chi connectivity index (χ2v) is 8.80. The fraction of sp³-hybridized carbons (Fsp3) is 0.222. The molecule has 142 valence electrons. The van der Waals surface area contributed by atoms with Crippen molar-refractivity contribution < 1.29 is 18.3 Å². The Morgan fingerprint density at radius 2 is 1.93 bits per heavy atom. The summed E-state index contributed by atoms with van der Waals surface area (Å²) in [4.78, 5) is 11.4. The maximum absolute atomic E-state index is 12.7. The normalized spacial score (nSPS) is 11.0. The van der Waals surface area contributed by atoms with E-state index in [0.29, 0.717) is 34.2 Å². The van der Waals surface area contributed by atoms with Crippen LogP contribution in [0.15, 0.2) is 52.3 Å². The van der Waals surface area contributed by atoms with E-state index >= 15 is 0 Å². The van der Waals surface area contributed by atoms with Gasteiger partial charge in [0.25, 0.3) is 10.0 Å². The minimum atomic E-state index is -3.83. The number of halogens is 1. The summed E-state index contributed by atoms with van der Waals surface area (Å²) in [5.74, 6) is -0.374. The van der Waals surface area contributed by atoms with Crippen molar-refractivity contribution in [2.75, 3.05) is 10.5 Å². The Morgan fingerprint density at radius 1 is 1.22 bits per heavy atom. The first-order valence-electron chi connectivity index (χ1n) is 7.94. The van der Waals surface area contributed by atoms with Crippen LogP contribution in [-0.4, -0.2) is 25.2 Å². The lowest BCUT2D eigenvalue weighted by molar-refractivity contribution is -0.136. The Morgan fingerprint density at radius 3 is 2.56 bits per heavy atom. The first-order chi connectivity index (χ1) is 12.8. The van der Waals surface area contributed by atoms with Gasteiger partial charge in [-0.05, 0) is 42.3 Å². The summed E-state index contributed by atoms with van der Waals surface area (Å²) in [5.41, 5.74) is 1.09. The van der Waals surface area contributed by atoms with E-state index in [-0.39, 0.29) is 11.3 Å². The molecule has 0 fully saturated rings. The van der Waals surface area contributed by atoms with Crippen molar-refractivity contribution in [1.29, 1.82) is 5.26 Å². The minimum absolute atomic E-state index is 0.0177. The molecule has 0 aliphatic rings. The molecule has 27 heavy (non-hydrogen) atoms. The zero-order valence-electron chi connectivity index (χ0n) is 14.2. The van der Waals surface area contributed by atoms with Crippen LogP contribution in [0.2, 0.25) is 5.02 Å². The van der Waals surface area contributed by atoms with Gasteiger partial charge in [-0.25, -0.2) is 8.42 Å². The van der Waals surface area contributed by atoms with Gasteiger partial charge in [-0.3, -0.25) is 9.52 Å². The van der Waals surface area contributed by atoms with Gasteiger partial charge in [0.05, 0.1) is 16.7 Å². The molecule has 0 atom stereocenters. The molecule has 0 saturated heterocycles. The summed E-state index contributed by atoms with van der Waals surface area (Å²) in [6.45, 7) is 0. The fourth-order valence-electron chi connectivity index (χ4n) is 2.20. The Kier molecular flexibility index (Phi) is 7.54. The van der Waals surface area contributed by atoms with E-state index in [9.17, 15) is 13.2 Å². The average molecular weight is 425 g/mol. The van der Waals surface area contributed by atoms with Crippen LogP contribution in [0, 0.1) is 11.3 Å². The molecule has 0 amide bonds. The fourth-order valence-corrected chi connectivity index (χ4v) is 4.36. The number of aliphatic carboxylic acids is 1. The number of anilines is 1. The predicted octanol–water partition coefficient (Wildman–Crippen LogP) is 4.16. The number of sulfonamides is 1. The first-order valence-corrected chi connectivity index (χ1v) is 10.8. The van der Waals surface area contributed by atoms with Gasteiger partial charge in [-0.15, -0.1) is 11.8 Å². The lowest BCUT2D eigenvalue weighted by atomic mass is 10.1. The molecule has 0 unspecified atom stereocenters. The van der Waals surface area contributed by atoms with Crippen LogP contribution in [0.25, 0.3) is 0 Å². The van der Waals surface area contributed by atoms with Crippen LogP contribution in [0.3, 0.4) is 0 Å². The third-order valence-corrected chi connectivity index (χ3v) is 6.21. The van der Waals surface area contributed by atoms with E-state index < -0.39 is 16.0 Å². The molecule has 0 heterocycles. The highest BCUT2D eigenvalue weighted by Crippen LogP contribution is 2.32. The minimum Gasteiger partial charge on any atom is -0.481 e. The van der Waals surface area contributed by atoms with E-state index in [0.717, 1.165) is 5.56 Å². The standard InChI is InChI=1S/C18H17ClN2O4S2/c19-14-5-8-17(26-11-1-10-20)16(12-14)21-27(24,25)15-6-2-13(3-7-15)4-9-18(22)23/h2-3,5-8,12,21H,1,4,9,11H2,(H,22,23). The molecular formula is C18H17ClN2O4S2. The Labute approximate surface area is 167 Å². The predicted molar refractivity (Wildman–Crippen MR) is 106 cm³/mol. The molecule has 6 nitrogen and oxygen atoms in total. The van der Waals surface area contributed by atoms with Crippen LogP contribution in [-0.2, 0) is 21.2 Å². The van der Waals surface area contributed by atoms with Crippen LogP contribution >= 0.6 is 23.4 Å². The molecule has 2 N–H and O–H groups in total. The highest BCUT2D eigenvalue weighted by molar-refractivity contribution is 7.99. The molecule has 0 saturated carbocycles. The number of carbonyl (C=O) groups is 1. The molecule has 2 rings (SSSR count). The number of nitrogens with zero attached hydrogens (tertiary/aromatic N) is 1. The number of hydrogen-bond donors (Lipinski definition) is 2. The van der Waals surface area contributed by atoms with Gasteiger partial charge in [0.15, 0.2) is 0 Å². The number of hydrogen-bond acceptors (Lipinski definition) is 5. The van der Waals surface area contributed by atoms with Crippen LogP contribution in [0.4, 0.5) is 5.69 Å². The van der Waals surface area contributed by atoms with E-state index in [2.05, 4.69) is 4.72 Å². The summed E-state index contributed by atoms with van der Waals surface area (Å²) >= 11 is 7.35. The smallest absolute Gasteiger partial charge is 0.303 e. The quantitative estimate of drug-likeness (QED) is 0.462. The molecule has 0 spiro atoms. The van der Waals surface area contributed by atoms with Gasteiger partial charge in [0, 0.05) is 28.5 Å². The molecule has 0 aliphatic carbocycles. The molecule has 0 bridgehead atoms. The molecule has 0 aliphatic heterocycles. The van der Waals surface area contributed by atoms with Crippen molar-refractivity contribution in [2.24, 2.45) is 0 Å². The van der Waals surface area contributed by atoms with Gasteiger partial charge >= 0.3 is 5.97 Å². The largest absolute Gasteiger partial charge is 0.481 e. The molecule has 9 heteroatoms. The average Bonchev–Trinajstić information content (AvgIpc) is 2.62. The van der Waals surface area contributed by atoms with Crippen molar-refractivity contribution >= 4 is 45.0 Å². The van der Waals surface area contributed by atoms with Crippen molar-refractivity contribution in [1.82, 2.24) is 0 Å². The lowest BCUT2D eigenvalue weighted by Crippen LogP contribution is -2.13. The third kappa shape index (κ3) is 6.47. The zero-order valence-corrected chi connectivity index (χ0v) is 16.6. The molecule has 0 radical (unpaired) electrons. The molecule has 0 aromatic heterocycles. The number of aryl methyl sites for hydroxylation is 1. The number of carboxylic acids is 1. The highest BCUT2D eigenvalue weighted by atomic mass is 35.5. The SMILES string of the molecule is N#CCCSc1ccc(Cl)cc1NS(=O)(=O)c1ccc(CCC(=O)O)cc1. The van der Waals surface area contributed by atoms with Crippen molar-refractivity contribution in [3.05, 3.63) is 53.1 Å². The second-order valence-electron chi connectivity index (χ2n) is 5.54. The van der Waals surface area contributed by atoms with Gasteiger partial charge in [-0.2, -0.15) is 5.26 Å². The highest BCUT2D eigenvalue weighted by Gasteiger charge is 2.17.